The van der Waals surface area contributed by atoms with E-state index in [1.54, 1.807) is 7.11 Å². The Bertz CT molecular complexity index is 682. The van der Waals surface area contributed by atoms with E-state index in [0.29, 0.717) is 25.7 Å². The summed E-state index contributed by atoms with van der Waals surface area (Å²) >= 11 is 0. The largest absolute Gasteiger partial charge is 0.497 e. The van der Waals surface area contributed by atoms with Crippen LogP contribution in [0.1, 0.15) is 16.7 Å². The normalized spacial score (nSPS) is 10.8. The van der Waals surface area contributed by atoms with Crippen molar-refractivity contribution in [3.63, 3.8) is 0 Å². The lowest BCUT2D eigenvalue weighted by Crippen LogP contribution is -2.35. The van der Waals surface area contributed by atoms with Crippen LogP contribution in [0.5, 0.6) is 11.5 Å². The molecule has 6 heteroatoms. The Kier molecular flexibility index (Phi) is 9.87. The molecule has 0 aromatic heterocycles. The van der Waals surface area contributed by atoms with Crippen LogP contribution in [0.3, 0.4) is 0 Å². The molecule has 2 aromatic rings. The maximum Gasteiger partial charge on any atom is 0.188 e. The molecule has 0 bridgehead atoms. The van der Waals surface area contributed by atoms with Crippen LogP contribution in [0.4, 0.5) is 0 Å². The number of benzene rings is 2. The molecule has 0 aliphatic carbocycles. The zero-order valence-electron chi connectivity index (χ0n) is 15.6. The van der Waals surface area contributed by atoms with Gasteiger partial charge in [-0.25, -0.2) is 0 Å². The van der Waals surface area contributed by atoms with Gasteiger partial charge in [-0.3, -0.25) is 4.99 Å². The molecule has 5 nitrogen and oxygen atoms in total. The van der Waals surface area contributed by atoms with Crippen molar-refractivity contribution in [1.82, 2.24) is 5.32 Å². The monoisotopic (exact) mass is 469 g/mol. The summed E-state index contributed by atoms with van der Waals surface area (Å²) < 4.78 is 10.9. The summed E-state index contributed by atoms with van der Waals surface area (Å²) in [7, 11) is 1.66. The zero-order valence-corrected chi connectivity index (χ0v) is 17.9. The molecule has 0 unspecified atom stereocenters. The molecule has 26 heavy (non-hydrogen) atoms. The minimum Gasteiger partial charge on any atom is -0.497 e. The van der Waals surface area contributed by atoms with Gasteiger partial charge in [-0.15, -0.1) is 24.0 Å². The predicted molar refractivity (Wildman–Crippen MR) is 118 cm³/mol. The van der Waals surface area contributed by atoms with Gasteiger partial charge in [-0.1, -0.05) is 18.2 Å². The van der Waals surface area contributed by atoms with Crippen molar-refractivity contribution in [2.75, 3.05) is 26.8 Å². The minimum absolute atomic E-state index is 0. The Morgan fingerprint density at radius 3 is 2.31 bits per heavy atom. The third-order valence-corrected chi connectivity index (χ3v) is 3.71. The van der Waals surface area contributed by atoms with E-state index in [1.807, 2.05) is 36.4 Å². The average molecular weight is 469 g/mol. The van der Waals surface area contributed by atoms with Crippen LogP contribution < -0.4 is 20.5 Å². The second-order valence-electron chi connectivity index (χ2n) is 5.96. The Morgan fingerprint density at radius 1 is 1.04 bits per heavy atom. The lowest BCUT2D eigenvalue weighted by Gasteiger charge is -2.09. The van der Waals surface area contributed by atoms with Crippen molar-refractivity contribution in [2.24, 2.45) is 10.7 Å². The van der Waals surface area contributed by atoms with Crippen molar-refractivity contribution >= 4 is 29.9 Å². The molecule has 0 aliphatic rings. The van der Waals surface area contributed by atoms with Crippen LogP contribution in [0, 0.1) is 13.8 Å². The molecular formula is C20H28IN3O2. The molecule has 2 aromatic carbocycles. The van der Waals surface area contributed by atoms with Crippen molar-refractivity contribution < 1.29 is 9.47 Å². The van der Waals surface area contributed by atoms with E-state index in [2.05, 4.69) is 30.2 Å². The molecule has 142 valence electrons. The first kappa shape index (κ1) is 22.1. The molecule has 0 atom stereocenters. The SMILES string of the molecule is COc1ccc(CCN=C(N)NCCOc2cc(C)cc(C)c2)cc1.I. The molecule has 0 saturated carbocycles. The highest BCUT2D eigenvalue weighted by Crippen LogP contribution is 2.15. The van der Waals surface area contributed by atoms with Crippen LogP contribution in [0.25, 0.3) is 0 Å². The van der Waals surface area contributed by atoms with Crippen LogP contribution >= 0.6 is 24.0 Å². The summed E-state index contributed by atoms with van der Waals surface area (Å²) in [6, 6.07) is 14.2. The van der Waals surface area contributed by atoms with Gasteiger partial charge < -0.3 is 20.5 Å². The van der Waals surface area contributed by atoms with Crippen molar-refractivity contribution in [3.8, 4) is 11.5 Å². The van der Waals surface area contributed by atoms with E-state index >= 15 is 0 Å². The Labute approximate surface area is 173 Å². The number of nitrogens with one attached hydrogen (secondary N) is 1. The van der Waals surface area contributed by atoms with Crippen LogP contribution in [0.15, 0.2) is 47.5 Å². The molecule has 3 N–H and O–H groups in total. The molecule has 2 rings (SSSR count). The number of ether oxygens (including phenoxy) is 2. The van der Waals surface area contributed by atoms with Gasteiger partial charge in [-0.05, 0) is 61.2 Å². The molecule has 0 saturated heterocycles. The zero-order chi connectivity index (χ0) is 18.1. The summed E-state index contributed by atoms with van der Waals surface area (Å²) in [5, 5.41) is 3.07. The van der Waals surface area contributed by atoms with E-state index in [0.717, 1.165) is 17.9 Å². The maximum absolute atomic E-state index is 5.87. The highest BCUT2D eigenvalue weighted by Gasteiger charge is 1.98. The molecule has 0 aliphatic heterocycles. The smallest absolute Gasteiger partial charge is 0.188 e. The topological polar surface area (TPSA) is 68.9 Å². The molecule has 0 heterocycles. The fraction of sp³-hybridized carbons (Fsp3) is 0.350. The Morgan fingerprint density at radius 2 is 1.69 bits per heavy atom. The fourth-order valence-electron chi connectivity index (χ4n) is 2.52. The van der Waals surface area contributed by atoms with Gasteiger partial charge >= 0.3 is 0 Å². The average Bonchev–Trinajstić information content (AvgIpc) is 2.58. The molecule has 0 radical (unpaired) electrons. The van der Waals surface area contributed by atoms with Crippen LogP contribution in [-0.2, 0) is 6.42 Å². The lowest BCUT2D eigenvalue weighted by atomic mass is 10.1. The first-order valence-electron chi connectivity index (χ1n) is 8.44. The Balaban J connectivity index is 0.00000338. The second-order valence-corrected chi connectivity index (χ2v) is 5.96. The number of hydrogen-bond donors (Lipinski definition) is 2. The minimum atomic E-state index is 0. The standard InChI is InChI=1S/C20H27N3O2.HI/c1-15-12-16(2)14-19(13-15)25-11-10-23-20(21)22-9-8-17-4-6-18(24-3)7-5-17;/h4-7,12-14H,8-11H2,1-3H3,(H3,21,22,23);1H. The van der Waals surface area contributed by atoms with E-state index in [-0.39, 0.29) is 24.0 Å². The van der Waals surface area contributed by atoms with Crippen LogP contribution in [-0.4, -0.2) is 32.8 Å². The number of rotatable bonds is 8. The number of guanidine groups is 1. The number of halogens is 1. The maximum atomic E-state index is 5.87. The number of aryl methyl sites for hydroxylation is 2. The van der Waals surface area contributed by atoms with Gasteiger partial charge in [0.05, 0.1) is 13.7 Å². The summed E-state index contributed by atoms with van der Waals surface area (Å²) in [6.45, 7) is 5.92. The van der Waals surface area contributed by atoms with E-state index in [4.69, 9.17) is 15.2 Å². The van der Waals surface area contributed by atoms with Gasteiger partial charge in [0.1, 0.15) is 18.1 Å². The number of nitrogens with zero attached hydrogens (tertiary/aromatic N) is 1. The lowest BCUT2D eigenvalue weighted by molar-refractivity contribution is 0.322. The molecule has 0 amide bonds. The van der Waals surface area contributed by atoms with Crippen LogP contribution in [0.2, 0.25) is 0 Å². The van der Waals surface area contributed by atoms with Crippen molar-refractivity contribution in [3.05, 3.63) is 59.2 Å². The highest BCUT2D eigenvalue weighted by atomic mass is 127. The summed E-state index contributed by atoms with van der Waals surface area (Å²) in [5.74, 6) is 2.18. The second kappa shape index (κ2) is 11.6. The van der Waals surface area contributed by atoms with Gasteiger partial charge in [0.2, 0.25) is 0 Å². The summed E-state index contributed by atoms with van der Waals surface area (Å²) in [5.41, 5.74) is 9.47. The van der Waals surface area contributed by atoms with E-state index in [1.165, 1.54) is 16.7 Å². The van der Waals surface area contributed by atoms with E-state index in [9.17, 15) is 0 Å². The number of aliphatic imine (C=N–C) groups is 1. The fourth-order valence-corrected chi connectivity index (χ4v) is 2.52. The number of nitrogens with two attached hydrogens (primary N) is 1. The van der Waals surface area contributed by atoms with Gasteiger partial charge in [0.15, 0.2) is 5.96 Å². The molecular weight excluding hydrogens is 441 g/mol. The third-order valence-electron chi connectivity index (χ3n) is 3.71. The Hall–Kier alpha value is -1.96. The first-order chi connectivity index (χ1) is 12.1. The van der Waals surface area contributed by atoms with Crippen molar-refractivity contribution in [1.29, 1.82) is 0 Å². The van der Waals surface area contributed by atoms with Gasteiger partial charge in [0.25, 0.3) is 0 Å². The number of methoxy groups -OCH3 is 1. The van der Waals surface area contributed by atoms with Crippen molar-refractivity contribution in [2.45, 2.75) is 20.3 Å². The molecule has 0 spiro atoms. The van der Waals surface area contributed by atoms with Gasteiger partial charge in [0, 0.05) is 6.54 Å². The first-order valence-corrected chi connectivity index (χ1v) is 8.44. The number of hydrogen-bond acceptors (Lipinski definition) is 3. The third kappa shape index (κ3) is 7.95. The molecule has 0 fully saturated rings. The summed E-state index contributed by atoms with van der Waals surface area (Å²) in [4.78, 5) is 4.33. The van der Waals surface area contributed by atoms with E-state index < -0.39 is 0 Å². The predicted octanol–water partition coefficient (Wildman–Crippen LogP) is 3.46. The highest BCUT2D eigenvalue weighted by molar-refractivity contribution is 14.0. The van der Waals surface area contributed by atoms with Gasteiger partial charge in [-0.2, -0.15) is 0 Å². The summed E-state index contributed by atoms with van der Waals surface area (Å²) in [6.07, 6.45) is 0.839. The quantitative estimate of drug-likeness (QED) is 0.269.